The molecule has 1 aromatic rings. The molecule has 0 atom stereocenters. The number of methoxy groups -OCH3 is 1. The lowest BCUT2D eigenvalue weighted by atomic mass is 10.1. The molecule has 0 bridgehead atoms. The molecule has 22 heavy (non-hydrogen) atoms. The van der Waals surface area contributed by atoms with E-state index in [0.717, 1.165) is 24.6 Å². The van der Waals surface area contributed by atoms with Gasteiger partial charge in [-0.05, 0) is 25.1 Å². The zero-order valence-electron chi connectivity index (χ0n) is 12.0. The monoisotopic (exact) mass is 327 g/mol. The highest BCUT2D eigenvalue weighted by atomic mass is 32.2. The Labute approximate surface area is 128 Å². The van der Waals surface area contributed by atoms with Crippen molar-refractivity contribution < 1.29 is 18.1 Å². The van der Waals surface area contributed by atoms with E-state index in [4.69, 9.17) is 4.74 Å². The van der Waals surface area contributed by atoms with E-state index in [1.165, 1.54) is 19.2 Å². The Morgan fingerprint density at radius 3 is 2.82 bits per heavy atom. The largest absolute Gasteiger partial charge is 0.490 e. The highest BCUT2D eigenvalue weighted by molar-refractivity contribution is 7.89. The fourth-order valence-electron chi connectivity index (χ4n) is 2.08. The molecular weight excluding hydrogens is 310 g/mol. The van der Waals surface area contributed by atoms with Crippen LogP contribution < -0.4 is 14.8 Å². The molecule has 1 aliphatic heterocycles. The molecule has 0 amide bonds. The Morgan fingerprint density at radius 1 is 1.45 bits per heavy atom. The molecule has 1 aliphatic rings. The summed E-state index contributed by atoms with van der Waals surface area (Å²) in [7, 11) is -2.52. The van der Waals surface area contributed by atoms with Crippen molar-refractivity contribution in [3.05, 3.63) is 40.0 Å². The lowest BCUT2D eigenvalue weighted by Gasteiger charge is -2.14. The maximum Gasteiger partial charge on any atom is 0.312 e. The number of nitrogens with zero attached hydrogens (tertiary/aromatic N) is 1. The van der Waals surface area contributed by atoms with Crippen LogP contribution in [0, 0.1) is 10.1 Å². The third-order valence-electron chi connectivity index (χ3n) is 3.30. The van der Waals surface area contributed by atoms with Crippen LogP contribution in [0.15, 0.2) is 34.7 Å². The third kappa shape index (κ3) is 3.81. The lowest BCUT2D eigenvalue weighted by molar-refractivity contribution is -0.386. The van der Waals surface area contributed by atoms with Gasteiger partial charge in [-0.25, -0.2) is 13.1 Å². The molecule has 0 radical (unpaired) electrons. The highest BCUT2D eigenvalue weighted by Gasteiger charge is 2.22. The molecule has 8 nitrogen and oxygen atoms in total. The highest BCUT2D eigenvalue weighted by Crippen LogP contribution is 2.29. The number of ether oxygens (including phenoxy) is 1. The maximum atomic E-state index is 12.2. The summed E-state index contributed by atoms with van der Waals surface area (Å²) >= 11 is 0. The number of hydrogen-bond donors (Lipinski definition) is 2. The number of rotatable bonds is 6. The number of nitro groups is 1. The molecule has 0 aromatic heterocycles. The summed E-state index contributed by atoms with van der Waals surface area (Å²) in [4.78, 5) is 10.1. The second-order valence-electron chi connectivity index (χ2n) is 4.73. The van der Waals surface area contributed by atoms with Crippen molar-refractivity contribution in [2.24, 2.45) is 0 Å². The van der Waals surface area contributed by atoms with Crippen LogP contribution in [-0.4, -0.2) is 40.1 Å². The average molecular weight is 327 g/mol. The molecule has 0 saturated heterocycles. The van der Waals surface area contributed by atoms with E-state index in [1.807, 2.05) is 6.08 Å². The second kappa shape index (κ2) is 6.86. The van der Waals surface area contributed by atoms with Gasteiger partial charge in [-0.3, -0.25) is 10.1 Å². The fraction of sp³-hybridized carbons (Fsp3) is 0.385. The molecular formula is C13H17N3O5S. The van der Waals surface area contributed by atoms with Crippen LogP contribution in [0.5, 0.6) is 5.75 Å². The van der Waals surface area contributed by atoms with Crippen molar-refractivity contribution in [2.75, 3.05) is 26.7 Å². The minimum absolute atomic E-state index is 0.0185. The molecule has 0 spiro atoms. The van der Waals surface area contributed by atoms with Crippen LogP contribution in [0.25, 0.3) is 0 Å². The summed E-state index contributed by atoms with van der Waals surface area (Å²) in [5.74, 6) is 0.0185. The standard InChI is InChI=1S/C13H17N3O5S/c1-21-13-3-2-11(8-12(13)16(17)18)22(19,20)15-9-10-4-6-14-7-5-10/h2-4,8,14-15H,5-7,9H2,1H3. The van der Waals surface area contributed by atoms with Crippen LogP contribution in [0.4, 0.5) is 5.69 Å². The predicted octanol–water partition coefficient (Wildman–Crippen LogP) is 0.801. The second-order valence-corrected chi connectivity index (χ2v) is 6.50. The van der Waals surface area contributed by atoms with Gasteiger partial charge in [-0.2, -0.15) is 0 Å². The van der Waals surface area contributed by atoms with E-state index in [0.29, 0.717) is 6.54 Å². The summed E-state index contributed by atoms with van der Waals surface area (Å²) in [6, 6.07) is 3.56. The SMILES string of the molecule is COc1ccc(S(=O)(=O)NCC2=CCNCC2)cc1[N+](=O)[O-]. The number of nitrogens with one attached hydrogen (secondary N) is 2. The van der Waals surface area contributed by atoms with Crippen LogP contribution in [0.1, 0.15) is 6.42 Å². The van der Waals surface area contributed by atoms with Gasteiger partial charge in [0, 0.05) is 19.2 Å². The first-order chi connectivity index (χ1) is 10.4. The van der Waals surface area contributed by atoms with Crippen molar-refractivity contribution in [2.45, 2.75) is 11.3 Å². The number of benzene rings is 1. The van der Waals surface area contributed by atoms with E-state index in [9.17, 15) is 18.5 Å². The average Bonchev–Trinajstić information content (AvgIpc) is 2.53. The van der Waals surface area contributed by atoms with Crippen molar-refractivity contribution in [1.29, 1.82) is 0 Å². The minimum atomic E-state index is -3.81. The summed E-state index contributed by atoms with van der Waals surface area (Å²) in [5, 5.41) is 14.1. The van der Waals surface area contributed by atoms with E-state index in [1.54, 1.807) is 0 Å². The van der Waals surface area contributed by atoms with Gasteiger partial charge >= 0.3 is 5.69 Å². The molecule has 0 fully saturated rings. The van der Waals surface area contributed by atoms with Gasteiger partial charge in [-0.15, -0.1) is 0 Å². The molecule has 9 heteroatoms. The molecule has 1 aromatic carbocycles. The van der Waals surface area contributed by atoms with Gasteiger partial charge in [0.1, 0.15) is 0 Å². The summed E-state index contributed by atoms with van der Waals surface area (Å²) in [6.45, 7) is 1.72. The quantitative estimate of drug-likeness (QED) is 0.454. The first-order valence-corrected chi connectivity index (χ1v) is 8.13. The molecule has 120 valence electrons. The van der Waals surface area contributed by atoms with Crippen molar-refractivity contribution in [3.63, 3.8) is 0 Å². The van der Waals surface area contributed by atoms with Gasteiger partial charge < -0.3 is 10.1 Å². The topological polar surface area (TPSA) is 111 Å². The van der Waals surface area contributed by atoms with Crippen molar-refractivity contribution in [3.8, 4) is 5.75 Å². The smallest absolute Gasteiger partial charge is 0.312 e. The first-order valence-electron chi connectivity index (χ1n) is 6.65. The van der Waals surface area contributed by atoms with E-state index in [-0.39, 0.29) is 22.9 Å². The number of nitro benzene ring substituents is 1. The van der Waals surface area contributed by atoms with Crippen LogP contribution in [0.2, 0.25) is 0 Å². The molecule has 0 aliphatic carbocycles. The summed E-state index contributed by atoms with van der Waals surface area (Å²) in [6.07, 6.45) is 2.70. The third-order valence-corrected chi connectivity index (χ3v) is 4.70. The predicted molar refractivity (Wildman–Crippen MR) is 80.4 cm³/mol. The van der Waals surface area contributed by atoms with Gasteiger partial charge in [0.15, 0.2) is 5.75 Å². The number of hydrogen-bond acceptors (Lipinski definition) is 6. The van der Waals surface area contributed by atoms with Gasteiger partial charge in [-0.1, -0.05) is 11.6 Å². The van der Waals surface area contributed by atoms with E-state index >= 15 is 0 Å². The normalized spacial score (nSPS) is 15.2. The number of sulfonamides is 1. The van der Waals surface area contributed by atoms with E-state index < -0.39 is 14.9 Å². The Bertz CT molecular complexity index is 700. The minimum Gasteiger partial charge on any atom is -0.490 e. The summed E-state index contributed by atoms with van der Waals surface area (Å²) < 4.78 is 31.8. The lowest BCUT2D eigenvalue weighted by Crippen LogP contribution is -2.29. The maximum absolute atomic E-state index is 12.2. The molecule has 2 N–H and O–H groups in total. The molecule has 2 rings (SSSR count). The van der Waals surface area contributed by atoms with Gasteiger partial charge in [0.25, 0.3) is 0 Å². The molecule has 0 unspecified atom stereocenters. The summed E-state index contributed by atoms with van der Waals surface area (Å²) in [5.41, 5.74) is 0.608. The fourth-order valence-corrected chi connectivity index (χ4v) is 3.14. The van der Waals surface area contributed by atoms with Crippen LogP contribution >= 0.6 is 0 Å². The molecule has 0 saturated carbocycles. The zero-order valence-corrected chi connectivity index (χ0v) is 12.9. The zero-order chi connectivity index (χ0) is 16.2. The Morgan fingerprint density at radius 2 is 2.23 bits per heavy atom. The van der Waals surface area contributed by atoms with Gasteiger partial charge in [0.2, 0.25) is 10.0 Å². The van der Waals surface area contributed by atoms with Crippen LogP contribution in [-0.2, 0) is 10.0 Å². The van der Waals surface area contributed by atoms with Crippen molar-refractivity contribution >= 4 is 15.7 Å². The molecule has 1 heterocycles. The Hall–Kier alpha value is -1.97. The van der Waals surface area contributed by atoms with Crippen molar-refractivity contribution in [1.82, 2.24) is 10.0 Å². The van der Waals surface area contributed by atoms with Gasteiger partial charge in [0.05, 0.1) is 16.9 Å². The van der Waals surface area contributed by atoms with E-state index in [2.05, 4.69) is 10.0 Å². The Balaban J connectivity index is 2.20. The first kappa shape index (κ1) is 16.4. The Kier molecular flexibility index (Phi) is 5.11. The van der Waals surface area contributed by atoms with Crippen LogP contribution in [0.3, 0.4) is 0 Å².